The number of carbonyl (C=O) groups is 1. The van der Waals surface area contributed by atoms with E-state index in [4.69, 9.17) is 14.6 Å². The second-order valence-corrected chi connectivity index (χ2v) is 4.13. The minimum Gasteiger partial charge on any atom is -0.493 e. The van der Waals surface area contributed by atoms with Gasteiger partial charge >= 0.3 is 5.97 Å². The number of hydrogen-bond donors (Lipinski definition) is 2. The second kappa shape index (κ2) is 8.37. The molecule has 0 amide bonds. The van der Waals surface area contributed by atoms with Crippen molar-refractivity contribution in [3.63, 3.8) is 0 Å². The number of nitrogens with one attached hydrogen (secondary N) is 1. The van der Waals surface area contributed by atoms with Crippen LogP contribution in [0.15, 0.2) is 24.3 Å². The van der Waals surface area contributed by atoms with Gasteiger partial charge in [0.25, 0.3) is 0 Å². The van der Waals surface area contributed by atoms with Crippen LogP contribution in [0.4, 0.5) is 0 Å². The largest absolute Gasteiger partial charge is 0.493 e. The van der Waals surface area contributed by atoms with Crippen LogP contribution < -0.4 is 14.8 Å². The number of hydrogen-bond acceptors (Lipinski definition) is 4. The maximum Gasteiger partial charge on any atom is 0.320 e. The monoisotopic (exact) mass is 267 g/mol. The highest BCUT2D eigenvalue weighted by molar-refractivity contribution is 5.73. The predicted octanol–water partition coefficient (Wildman–Crippen LogP) is 1.92. The minimum absolute atomic E-state index is 0.327. The molecule has 0 radical (unpaired) electrons. The van der Waals surface area contributed by atoms with Crippen molar-refractivity contribution in [1.82, 2.24) is 5.32 Å². The number of ether oxygens (including phenoxy) is 2. The molecule has 0 fully saturated rings. The molecule has 1 atom stereocenters. The molecule has 0 aromatic heterocycles. The van der Waals surface area contributed by atoms with Gasteiger partial charge in [-0.05, 0) is 25.1 Å². The van der Waals surface area contributed by atoms with E-state index in [1.54, 1.807) is 19.2 Å². The summed E-state index contributed by atoms with van der Waals surface area (Å²) in [4.78, 5) is 11.0. The lowest BCUT2D eigenvalue weighted by Crippen LogP contribution is -2.38. The van der Waals surface area contributed by atoms with E-state index in [0.717, 1.165) is 6.42 Å². The lowest BCUT2D eigenvalue weighted by Gasteiger charge is -2.15. The first-order valence-corrected chi connectivity index (χ1v) is 6.41. The third kappa shape index (κ3) is 5.18. The molecule has 0 aliphatic carbocycles. The fraction of sp³-hybridized carbons (Fsp3) is 0.500. The maximum atomic E-state index is 11.0. The summed E-state index contributed by atoms with van der Waals surface area (Å²) in [5.74, 6) is 0.428. The van der Waals surface area contributed by atoms with Gasteiger partial charge in [0.05, 0.1) is 13.7 Å². The van der Waals surface area contributed by atoms with Crippen LogP contribution in [-0.4, -0.2) is 37.4 Å². The number of para-hydroxylation sites is 2. The molecule has 1 aromatic rings. The van der Waals surface area contributed by atoms with Crippen molar-refractivity contribution < 1.29 is 19.4 Å². The Morgan fingerprint density at radius 3 is 2.63 bits per heavy atom. The van der Waals surface area contributed by atoms with Crippen molar-refractivity contribution in [3.8, 4) is 11.5 Å². The molecule has 0 heterocycles. The van der Waals surface area contributed by atoms with Crippen LogP contribution in [-0.2, 0) is 4.79 Å². The number of rotatable bonds is 9. The molecule has 5 heteroatoms. The average Bonchev–Trinajstić information content (AvgIpc) is 2.42. The number of methoxy groups -OCH3 is 1. The minimum atomic E-state index is -0.850. The van der Waals surface area contributed by atoms with Crippen LogP contribution in [0.25, 0.3) is 0 Å². The summed E-state index contributed by atoms with van der Waals surface area (Å²) < 4.78 is 10.7. The van der Waals surface area contributed by atoms with Gasteiger partial charge in [0, 0.05) is 6.42 Å². The molecule has 106 valence electrons. The molecule has 0 saturated carbocycles. The Bertz CT molecular complexity index is 395. The van der Waals surface area contributed by atoms with E-state index in [0.29, 0.717) is 31.1 Å². The van der Waals surface area contributed by atoms with Crippen molar-refractivity contribution in [2.24, 2.45) is 0 Å². The van der Waals surface area contributed by atoms with Crippen molar-refractivity contribution in [3.05, 3.63) is 24.3 Å². The highest BCUT2D eigenvalue weighted by Gasteiger charge is 2.16. The lowest BCUT2D eigenvalue weighted by molar-refractivity contribution is -0.139. The summed E-state index contributed by atoms with van der Waals surface area (Å²) in [5, 5.41) is 12.0. The summed E-state index contributed by atoms with van der Waals surface area (Å²) in [7, 11) is 1.57. The molecule has 0 spiro atoms. The molecule has 5 nitrogen and oxygen atoms in total. The third-order valence-corrected chi connectivity index (χ3v) is 2.67. The quantitative estimate of drug-likeness (QED) is 0.715. The smallest absolute Gasteiger partial charge is 0.320 e. The number of carboxylic acid groups (broad SMARTS) is 1. The highest BCUT2D eigenvalue weighted by atomic mass is 16.5. The Morgan fingerprint density at radius 2 is 2.05 bits per heavy atom. The van der Waals surface area contributed by atoms with Gasteiger partial charge in [-0.25, -0.2) is 0 Å². The Kier molecular flexibility index (Phi) is 6.74. The average molecular weight is 267 g/mol. The molecular weight excluding hydrogens is 246 g/mol. The Balaban J connectivity index is 2.45. The molecule has 1 unspecified atom stereocenters. The molecule has 1 rings (SSSR count). The molecule has 0 aliphatic rings. The van der Waals surface area contributed by atoms with Crippen molar-refractivity contribution in [2.45, 2.75) is 25.8 Å². The SMILES string of the molecule is CCCNC(CCOc1ccccc1OC)C(=O)O. The zero-order valence-corrected chi connectivity index (χ0v) is 11.4. The van der Waals surface area contributed by atoms with Crippen LogP contribution in [0.2, 0.25) is 0 Å². The van der Waals surface area contributed by atoms with E-state index >= 15 is 0 Å². The van der Waals surface area contributed by atoms with Gasteiger partial charge < -0.3 is 19.9 Å². The van der Waals surface area contributed by atoms with Gasteiger partial charge in [-0.15, -0.1) is 0 Å². The molecule has 0 bridgehead atoms. The fourth-order valence-electron chi connectivity index (χ4n) is 1.66. The van der Waals surface area contributed by atoms with Crippen LogP contribution in [0.1, 0.15) is 19.8 Å². The van der Waals surface area contributed by atoms with Gasteiger partial charge in [-0.1, -0.05) is 19.1 Å². The molecule has 0 saturated heterocycles. The van der Waals surface area contributed by atoms with E-state index in [2.05, 4.69) is 5.32 Å². The van der Waals surface area contributed by atoms with E-state index in [-0.39, 0.29) is 0 Å². The summed E-state index contributed by atoms with van der Waals surface area (Å²) >= 11 is 0. The number of benzene rings is 1. The van der Waals surface area contributed by atoms with E-state index in [1.807, 2.05) is 19.1 Å². The lowest BCUT2D eigenvalue weighted by atomic mass is 10.2. The van der Waals surface area contributed by atoms with E-state index in [9.17, 15) is 4.79 Å². The number of aliphatic carboxylic acids is 1. The van der Waals surface area contributed by atoms with Gasteiger partial charge in [-0.2, -0.15) is 0 Å². The van der Waals surface area contributed by atoms with Gasteiger partial charge in [0.15, 0.2) is 11.5 Å². The predicted molar refractivity (Wildman–Crippen MR) is 72.8 cm³/mol. The van der Waals surface area contributed by atoms with Crippen LogP contribution >= 0.6 is 0 Å². The molecule has 19 heavy (non-hydrogen) atoms. The van der Waals surface area contributed by atoms with Crippen molar-refractivity contribution in [1.29, 1.82) is 0 Å². The van der Waals surface area contributed by atoms with Gasteiger partial charge in [0.2, 0.25) is 0 Å². The summed E-state index contributed by atoms with van der Waals surface area (Å²) in [5.41, 5.74) is 0. The van der Waals surface area contributed by atoms with Crippen LogP contribution in [0, 0.1) is 0 Å². The van der Waals surface area contributed by atoms with Gasteiger partial charge in [-0.3, -0.25) is 4.79 Å². The van der Waals surface area contributed by atoms with Gasteiger partial charge in [0.1, 0.15) is 6.04 Å². The summed E-state index contributed by atoms with van der Waals surface area (Å²) in [6.45, 7) is 3.01. The standard InChI is InChI=1S/C14H21NO4/c1-3-9-15-11(14(16)17)8-10-19-13-7-5-4-6-12(13)18-2/h4-7,11,15H,3,8-10H2,1-2H3,(H,16,17). The fourth-order valence-corrected chi connectivity index (χ4v) is 1.66. The van der Waals surface area contributed by atoms with Crippen molar-refractivity contribution in [2.75, 3.05) is 20.3 Å². The zero-order chi connectivity index (χ0) is 14.1. The Morgan fingerprint density at radius 1 is 1.37 bits per heavy atom. The first kappa shape index (κ1) is 15.3. The molecule has 0 aliphatic heterocycles. The summed E-state index contributed by atoms with van der Waals surface area (Å²) in [6.07, 6.45) is 1.31. The van der Waals surface area contributed by atoms with Crippen LogP contribution in [0.5, 0.6) is 11.5 Å². The Labute approximate surface area is 113 Å². The molecular formula is C14H21NO4. The first-order valence-electron chi connectivity index (χ1n) is 6.41. The first-order chi connectivity index (χ1) is 9.19. The summed E-state index contributed by atoms with van der Waals surface area (Å²) in [6, 6.07) is 6.73. The van der Waals surface area contributed by atoms with E-state index in [1.165, 1.54) is 0 Å². The maximum absolute atomic E-state index is 11.0. The number of carboxylic acids is 1. The topological polar surface area (TPSA) is 67.8 Å². The zero-order valence-electron chi connectivity index (χ0n) is 11.4. The third-order valence-electron chi connectivity index (χ3n) is 2.67. The van der Waals surface area contributed by atoms with E-state index < -0.39 is 12.0 Å². The normalized spacial score (nSPS) is 11.9. The van der Waals surface area contributed by atoms with Crippen molar-refractivity contribution >= 4 is 5.97 Å². The van der Waals surface area contributed by atoms with Crippen LogP contribution in [0.3, 0.4) is 0 Å². The molecule has 1 aromatic carbocycles. The highest BCUT2D eigenvalue weighted by Crippen LogP contribution is 2.25. The molecule has 2 N–H and O–H groups in total. The second-order valence-electron chi connectivity index (χ2n) is 4.13. The Hall–Kier alpha value is -1.75.